The third-order valence-corrected chi connectivity index (χ3v) is 2.91. The molecule has 94 valence electrons. The summed E-state index contributed by atoms with van der Waals surface area (Å²) in [4.78, 5) is 12.1. The molecular formula is C13H16N4O. The maximum atomic E-state index is 12.1. The molecule has 4 N–H and O–H groups in total. The number of nitrogens with one attached hydrogen (secondary N) is 2. The number of anilines is 1. The van der Waals surface area contributed by atoms with E-state index in [4.69, 9.17) is 5.73 Å². The number of hydrogen-bond acceptors (Lipinski definition) is 3. The van der Waals surface area contributed by atoms with Gasteiger partial charge < -0.3 is 11.1 Å². The number of rotatable bonds is 3. The number of aromatic amines is 1. The van der Waals surface area contributed by atoms with Gasteiger partial charge in [-0.2, -0.15) is 5.10 Å². The first-order chi connectivity index (χ1) is 8.59. The van der Waals surface area contributed by atoms with Crippen LogP contribution in [0.4, 0.5) is 5.69 Å². The van der Waals surface area contributed by atoms with E-state index >= 15 is 0 Å². The number of nitrogens with two attached hydrogens (primary N) is 1. The SMILES string of the molecule is Cc1cccc(N)c1C(=O)NCc1cn[nH]c1C. The Bertz CT molecular complexity index is 554. The van der Waals surface area contributed by atoms with E-state index in [1.807, 2.05) is 26.0 Å². The van der Waals surface area contributed by atoms with Crippen LogP contribution in [-0.2, 0) is 6.54 Å². The molecule has 2 aromatic rings. The Labute approximate surface area is 105 Å². The van der Waals surface area contributed by atoms with Gasteiger partial charge in [0.2, 0.25) is 0 Å². The minimum Gasteiger partial charge on any atom is -0.398 e. The largest absolute Gasteiger partial charge is 0.398 e. The van der Waals surface area contributed by atoms with Crippen LogP contribution < -0.4 is 11.1 Å². The van der Waals surface area contributed by atoms with E-state index in [0.29, 0.717) is 17.8 Å². The number of amides is 1. The molecule has 0 radical (unpaired) electrons. The molecular weight excluding hydrogens is 228 g/mol. The predicted octanol–water partition coefficient (Wildman–Crippen LogP) is 1.54. The maximum Gasteiger partial charge on any atom is 0.253 e. The highest BCUT2D eigenvalue weighted by molar-refractivity contribution is 6.00. The normalized spacial score (nSPS) is 10.3. The van der Waals surface area contributed by atoms with Gasteiger partial charge in [0, 0.05) is 23.5 Å². The number of carbonyl (C=O) groups excluding carboxylic acids is 1. The number of nitrogens with zero attached hydrogens (tertiary/aromatic N) is 1. The first kappa shape index (κ1) is 12.2. The third kappa shape index (κ3) is 2.34. The Kier molecular flexibility index (Phi) is 3.32. The molecule has 2 rings (SSSR count). The molecule has 0 saturated carbocycles. The second-order valence-electron chi connectivity index (χ2n) is 4.24. The smallest absolute Gasteiger partial charge is 0.253 e. The Balaban J connectivity index is 2.11. The third-order valence-electron chi connectivity index (χ3n) is 2.91. The van der Waals surface area contributed by atoms with Crippen LogP contribution in [-0.4, -0.2) is 16.1 Å². The highest BCUT2D eigenvalue weighted by atomic mass is 16.1. The molecule has 0 saturated heterocycles. The average Bonchev–Trinajstić information content (AvgIpc) is 2.72. The summed E-state index contributed by atoms with van der Waals surface area (Å²) in [6, 6.07) is 5.43. The fourth-order valence-electron chi connectivity index (χ4n) is 1.82. The standard InChI is InChI=1S/C13H16N4O/c1-8-4-3-5-11(14)12(8)13(18)15-6-10-7-16-17-9(10)2/h3-5,7H,6,14H2,1-2H3,(H,15,18)(H,16,17). The number of hydrogen-bond donors (Lipinski definition) is 3. The molecule has 0 fully saturated rings. The number of aryl methyl sites for hydroxylation is 2. The molecule has 0 spiro atoms. The Hall–Kier alpha value is -2.30. The first-order valence-electron chi connectivity index (χ1n) is 5.71. The molecule has 1 aromatic heterocycles. The number of nitrogen functional groups attached to an aromatic ring is 1. The summed E-state index contributed by atoms with van der Waals surface area (Å²) in [7, 11) is 0. The molecule has 1 amide bonds. The molecule has 0 atom stereocenters. The molecule has 0 aliphatic rings. The van der Waals surface area contributed by atoms with Gasteiger partial charge in [-0.25, -0.2) is 0 Å². The van der Waals surface area contributed by atoms with E-state index in [1.165, 1.54) is 0 Å². The van der Waals surface area contributed by atoms with Crippen molar-refractivity contribution in [1.29, 1.82) is 0 Å². The lowest BCUT2D eigenvalue weighted by Gasteiger charge is -2.09. The van der Waals surface area contributed by atoms with Gasteiger partial charge in [-0.05, 0) is 25.5 Å². The molecule has 1 aromatic carbocycles. The number of carbonyl (C=O) groups is 1. The first-order valence-corrected chi connectivity index (χ1v) is 5.71. The van der Waals surface area contributed by atoms with Crippen molar-refractivity contribution in [3.63, 3.8) is 0 Å². The maximum absolute atomic E-state index is 12.1. The van der Waals surface area contributed by atoms with Crippen molar-refractivity contribution in [1.82, 2.24) is 15.5 Å². The zero-order chi connectivity index (χ0) is 13.1. The fourth-order valence-corrected chi connectivity index (χ4v) is 1.82. The van der Waals surface area contributed by atoms with Gasteiger partial charge in [-0.1, -0.05) is 12.1 Å². The van der Waals surface area contributed by atoms with Crippen LogP contribution in [0.3, 0.4) is 0 Å². The molecule has 0 aliphatic heterocycles. The van der Waals surface area contributed by atoms with Gasteiger partial charge in [0.1, 0.15) is 0 Å². The van der Waals surface area contributed by atoms with Gasteiger partial charge >= 0.3 is 0 Å². The molecule has 18 heavy (non-hydrogen) atoms. The second kappa shape index (κ2) is 4.91. The van der Waals surface area contributed by atoms with Crippen LogP contribution in [0.2, 0.25) is 0 Å². The quantitative estimate of drug-likeness (QED) is 0.716. The molecule has 1 heterocycles. The highest BCUT2D eigenvalue weighted by Gasteiger charge is 2.12. The minimum atomic E-state index is -0.161. The van der Waals surface area contributed by atoms with E-state index in [9.17, 15) is 4.79 Å². The number of aromatic nitrogens is 2. The van der Waals surface area contributed by atoms with Gasteiger partial charge in [0.15, 0.2) is 0 Å². The van der Waals surface area contributed by atoms with E-state index in [1.54, 1.807) is 12.3 Å². The van der Waals surface area contributed by atoms with Crippen molar-refractivity contribution < 1.29 is 4.79 Å². The minimum absolute atomic E-state index is 0.161. The zero-order valence-electron chi connectivity index (χ0n) is 10.4. The van der Waals surface area contributed by atoms with Crippen molar-refractivity contribution in [2.24, 2.45) is 0 Å². The van der Waals surface area contributed by atoms with E-state index in [0.717, 1.165) is 16.8 Å². The summed E-state index contributed by atoms with van der Waals surface area (Å²) in [5.41, 5.74) is 9.65. The summed E-state index contributed by atoms with van der Waals surface area (Å²) in [6.45, 7) is 4.22. The Morgan fingerprint density at radius 1 is 1.44 bits per heavy atom. The lowest BCUT2D eigenvalue weighted by molar-refractivity contribution is 0.0951. The molecule has 0 bridgehead atoms. The highest BCUT2D eigenvalue weighted by Crippen LogP contribution is 2.16. The van der Waals surface area contributed by atoms with Crippen molar-refractivity contribution in [2.75, 3.05) is 5.73 Å². The summed E-state index contributed by atoms with van der Waals surface area (Å²) < 4.78 is 0. The molecule has 0 unspecified atom stereocenters. The van der Waals surface area contributed by atoms with Crippen molar-refractivity contribution in [2.45, 2.75) is 20.4 Å². The molecule has 5 heteroatoms. The van der Waals surface area contributed by atoms with Crippen molar-refractivity contribution in [3.8, 4) is 0 Å². The Morgan fingerprint density at radius 2 is 2.22 bits per heavy atom. The van der Waals surface area contributed by atoms with E-state index < -0.39 is 0 Å². The van der Waals surface area contributed by atoms with Crippen LogP contribution >= 0.6 is 0 Å². The van der Waals surface area contributed by atoms with E-state index in [-0.39, 0.29) is 5.91 Å². The Morgan fingerprint density at radius 3 is 2.83 bits per heavy atom. The number of H-pyrrole nitrogens is 1. The monoisotopic (exact) mass is 244 g/mol. The summed E-state index contributed by atoms with van der Waals surface area (Å²) in [6.07, 6.45) is 1.71. The van der Waals surface area contributed by atoms with Crippen molar-refractivity contribution >= 4 is 11.6 Å². The predicted molar refractivity (Wildman–Crippen MR) is 70.1 cm³/mol. The van der Waals surface area contributed by atoms with Crippen LogP contribution in [0, 0.1) is 13.8 Å². The van der Waals surface area contributed by atoms with Crippen LogP contribution in [0.5, 0.6) is 0 Å². The lowest BCUT2D eigenvalue weighted by Crippen LogP contribution is -2.24. The average molecular weight is 244 g/mol. The van der Waals surface area contributed by atoms with Gasteiger partial charge in [-0.15, -0.1) is 0 Å². The fraction of sp³-hybridized carbons (Fsp3) is 0.231. The van der Waals surface area contributed by atoms with Gasteiger partial charge in [-0.3, -0.25) is 9.89 Å². The van der Waals surface area contributed by atoms with E-state index in [2.05, 4.69) is 15.5 Å². The molecule has 5 nitrogen and oxygen atoms in total. The summed E-state index contributed by atoms with van der Waals surface area (Å²) in [5, 5.41) is 9.58. The summed E-state index contributed by atoms with van der Waals surface area (Å²) in [5.74, 6) is -0.161. The van der Waals surface area contributed by atoms with Crippen LogP contribution in [0.25, 0.3) is 0 Å². The zero-order valence-corrected chi connectivity index (χ0v) is 10.4. The molecule has 0 aliphatic carbocycles. The summed E-state index contributed by atoms with van der Waals surface area (Å²) >= 11 is 0. The topological polar surface area (TPSA) is 83.8 Å². The van der Waals surface area contributed by atoms with Crippen LogP contribution in [0.15, 0.2) is 24.4 Å². The number of benzene rings is 1. The second-order valence-corrected chi connectivity index (χ2v) is 4.24. The van der Waals surface area contributed by atoms with Gasteiger partial charge in [0.25, 0.3) is 5.91 Å². The lowest BCUT2D eigenvalue weighted by atomic mass is 10.1. The van der Waals surface area contributed by atoms with Crippen LogP contribution in [0.1, 0.15) is 27.2 Å². The van der Waals surface area contributed by atoms with Crippen molar-refractivity contribution in [3.05, 3.63) is 46.8 Å². The van der Waals surface area contributed by atoms with Gasteiger partial charge in [0.05, 0.1) is 11.8 Å².